The maximum atomic E-state index is 14.6. The van der Waals surface area contributed by atoms with Gasteiger partial charge in [-0.05, 0) is 25.5 Å². The number of aromatic nitrogens is 3. The van der Waals surface area contributed by atoms with Crippen molar-refractivity contribution >= 4 is 12.4 Å². The molecule has 39 heavy (non-hydrogen) atoms. The number of pyridine rings is 1. The smallest absolute Gasteiger partial charge is 0.381 e. The molecule has 1 saturated heterocycles. The van der Waals surface area contributed by atoms with Crippen LogP contribution in [0.3, 0.4) is 0 Å². The van der Waals surface area contributed by atoms with Gasteiger partial charge in [0.15, 0.2) is 0 Å². The van der Waals surface area contributed by atoms with Crippen LogP contribution >= 0.6 is 12.4 Å². The van der Waals surface area contributed by atoms with E-state index in [1.54, 1.807) is 6.92 Å². The van der Waals surface area contributed by atoms with Gasteiger partial charge in [-0.15, -0.1) is 12.4 Å². The van der Waals surface area contributed by atoms with E-state index in [-0.39, 0.29) is 53.9 Å². The van der Waals surface area contributed by atoms with E-state index in [2.05, 4.69) is 20.4 Å². The summed E-state index contributed by atoms with van der Waals surface area (Å²) in [7, 11) is 0. The quantitative estimate of drug-likeness (QED) is 0.354. The van der Waals surface area contributed by atoms with Crippen molar-refractivity contribution in [2.75, 3.05) is 13.1 Å². The molecule has 0 bridgehead atoms. The monoisotopic (exact) mass is 584 g/mol. The molecule has 3 N–H and O–H groups in total. The lowest BCUT2D eigenvalue weighted by Crippen LogP contribution is -2.63. The van der Waals surface area contributed by atoms with Gasteiger partial charge in [-0.2, -0.15) is 31.3 Å². The number of hydrogen-bond donors (Lipinski definition) is 3. The van der Waals surface area contributed by atoms with Crippen LogP contribution in [0, 0.1) is 5.41 Å². The number of nitrogens with one attached hydrogen (secondary N) is 1. The van der Waals surface area contributed by atoms with Gasteiger partial charge in [0.05, 0.1) is 0 Å². The average Bonchev–Trinajstić information content (AvgIpc) is 3.31. The summed E-state index contributed by atoms with van der Waals surface area (Å²) in [4.78, 5) is 8.21. The Balaban J connectivity index is 0.00000420. The molecular weight excluding hydrogens is 561 g/mol. The largest absolute Gasteiger partial charge is 0.435 e. The number of hydrogen-bond acceptors (Lipinski definition) is 7. The molecule has 1 aliphatic heterocycles. The van der Waals surface area contributed by atoms with E-state index in [4.69, 9.17) is 4.52 Å². The molecule has 1 fully saturated rings. The Bertz CT molecular complexity index is 1300. The van der Waals surface area contributed by atoms with E-state index in [0.29, 0.717) is 12.1 Å². The first-order valence-electron chi connectivity index (χ1n) is 11.2. The lowest BCUT2D eigenvalue weighted by atomic mass is 9.62. The van der Waals surface area contributed by atoms with Crippen molar-refractivity contribution in [3.05, 3.63) is 65.3 Å². The highest BCUT2D eigenvalue weighted by atomic mass is 35.5. The standard InChI is InChI=1S/C24H23F7N4O3.ClH/c1-19(2,36)18-34-17(35-38-18)13-8-16(10-32-9-13)21(37,20(3)11-33-12-20)14-4-6-15(7-5-14)22(25,23(26,27)28)24(29,30)31;/h4-10,33,36-37H,11-12H2,1-3H3;1H/t21-;/m0./s1. The second-order valence-electron chi connectivity index (χ2n) is 10.1. The first-order chi connectivity index (χ1) is 17.3. The molecule has 0 unspecified atom stereocenters. The molecule has 2 aromatic heterocycles. The normalized spacial score (nSPS) is 17.6. The number of halogens is 8. The Morgan fingerprint density at radius 3 is 1.85 bits per heavy atom. The lowest BCUT2D eigenvalue weighted by Gasteiger charge is -2.52. The van der Waals surface area contributed by atoms with Gasteiger partial charge in [0.1, 0.15) is 11.2 Å². The summed E-state index contributed by atoms with van der Waals surface area (Å²) in [5.74, 6) is -0.0772. The average molecular weight is 585 g/mol. The molecule has 0 spiro atoms. The lowest BCUT2D eigenvalue weighted by molar-refractivity contribution is -0.348. The number of aliphatic hydroxyl groups is 2. The highest BCUT2D eigenvalue weighted by Crippen LogP contribution is 2.54. The van der Waals surface area contributed by atoms with Crippen LogP contribution in [0.15, 0.2) is 47.2 Å². The predicted molar refractivity (Wildman–Crippen MR) is 125 cm³/mol. The number of rotatable bonds is 6. The van der Waals surface area contributed by atoms with Gasteiger partial charge in [-0.1, -0.05) is 36.3 Å². The zero-order valence-electron chi connectivity index (χ0n) is 20.7. The molecule has 0 amide bonds. The van der Waals surface area contributed by atoms with Crippen LogP contribution in [0.5, 0.6) is 0 Å². The van der Waals surface area contributed by atoms with Gasteiger partial charge >= 0.3 is 18.0 Å². The van der Waals surface area contributed by atoms with Gasteiger partial charge in [0.2, 0.25) is 5.82 Å². The van der Waals surface area contributed by atoms with Crippen molar-refractivity contribution in [3.8, 4) is 11.4 Å². The SMILES string of the molecule is CC(C)(O)c1nc(-c2cncc([C@@](O)(c3ccc(C(F)(C(F)(F)F)C(F)(F)F)cc3)C3(C)CNC3)c2)no1.Cl. The molecule has 4 rings (SSSR count). The fourth-order valence-corrected chi connectivity index (χ4v) is 4.40. The molecule has 214 valence electrons. The van der Waals surface area contributed by atoms with Crippen molar-refractivity contribution in [3.63, 3.8) is 0 Å². The minimum absolute atomic E-state index is 0. The summed E-state index contributed by atoms with van der Waals surface area (Å²) in [6.07, 6.45) is -9.91. The minimum Gasteiger partial charge on any atom is -0.381 e. The molecular formula is C24H24ClF7N4O3. The van der Waals surface area contributed by atoms with Crippen LogP contribution in [0.1, 0.15) is 43.4 Å². The highest BCUT2D eigenvalue weighted by Gasteiger charge is 2.73. The first kappa shape index (κ1) is 30.7. The molecule has 3 heterocycles. The summed E-state index contributed by atoms with van der Waals surface area (Å²) < 4.78 is 99.0. The van der Waals surface area contributed by atoms with Crippen molar-refractivity contribution in [1.82, 2.24) is 20.4 Å². The maximum absolute atomic E-state index is 14.6. The molecule has 1 aromatic carbocycles. The number of nitrogens with zero attached hydrogens (tertiary/aromatic N) is 3. The Hall–Kier alpha value is -2.81. The molecule has 0 radical (unpaired) electrons. The topological polar surface area (TPSA) is 104 Å². The summed E-state index contributed by atoms with van der Waals surface area (Å²) in [5, 5.41) is 28.9. The minimum atomic E-state index is -6.27. The first-order valence-corrected chi connectivity index (χ1v) is 11.2. The van der Waals surface area contributed by atoms with E-state index < -0.39 is 40.2 Å². The predicted octanol–water partition coefficient (Wildman–Crippen LogP) is 4.92. The van der Waals surface area contributed by atoms with Gasteiger partial charge in [-0.3, -0.25) is 4.98 Å². The van der Waals surface area contributed by atoms with Crippen LogP contribution in [0.2, 0.25) is 0 Å². The van der Waals surface area contributed by atoms with Crippen LogP contribution < -0.4 is 5.32 Å². The van der Waals surface area contributed by atoms with E-state index in [1.807, 2.05) is 0 Å². The van der Waals surface area contributed by atoms with Crippen molar-refractivity contribution < 1.29 is 45.5 Å². The Morgan fingerprint density at radius 1 is 0.872 bits per heavy atom. The van der Waals surface area contributed by atoms with Gasteiger partial charge < -0.3 is 20.1 Å². The second kappa shape index (κ2) is 9.68. The summed E-state index contributed by atoms with van der Waals surface area (Å²) in [5.41, 5.74) is -11.4. The van der Waals surface area contributed by atoms with Crippen LogP contribution in [-0.2, 0) is 16.9 Å². The third-order valence-corrected chi connectivity index (χ3v) is 6.75. The zero-order valence-corrected chi connectivity index (χ0v) is 21.5. The molecule has 3 aromatic rings. The van der Waals surface area contributed by atoms with Crippen LogP contribution in [0.25, 0.3) is 11.4 Å². The summed E-state index contributed by atoms with van der Waals surface area (Å²) >= 11 is 0. The molecule has 1 atom stereocenters. The molecule has 7 nitrogen and oxygen atoms in total. The zero-order chi connectivity index (χ0) is 28.4. The van der Waals surface area contributed by atoms with Crippen molar-refractivity contribution in [2.45, 2.75) is 50.0 Å². The van der Waals surface area contributed by atoms with Gasteiger partial charge in [-0.25, -0.2) is 4.39 Å². The number of alkyl halides is 7. The van der Waals surface area contributed by atoms with Crippen LogP contribution in [-0.4, -0.2) is 50.8 Å². The fourth-order valence-electron chi connectivity index (χ4n) is 4.40. The third-order valence-electron chi connectivity index (χ3n) is 6.75. The van der Waals surface area contributed by atoms with E-state index in [9.17, 15) is 40.9 Å². The van der Waals surface area contributed by atoms with Gasteiger partial charge in [0, 0.05) is 47.6 Å². The Kier molecular flexibility index (Phi) is 7.63. The molecule has 15 heteroatoms. The Labute approximate surface area is 223 Å². The summed E-state index contributed by atoms with van der Waals surface area (Å²) in [6, 6.07) is 3.83. The summed E-state index contributed by atoms with van der Waals surface area (Å²) in [6.45, 7) is 4.98. The third kappa shape index (κ3) is 4.87. The van der Waals surface area contributed by atoms with Crippen molar-refractivity contribution in [1.29, 1.82) is 0 Å². The highest BCUT2D eigenvalue weighted by molar-refractivity contribution is 5.85. The fraction of sp³-hybridized carbons (Fsp3) is 0.458. The maximum Gasteiger partial charge on any atom is 0.435 e. The van der Waals surface area contributed by atoms with E-state index >= 15 is 0 Å². The molecule has 0 aliphatic carbocycles. The van der Waals surface area contributed by atoms with E-state index in [0.717, 1.165) is 12.1 Å². The number of benzene rings is 1. The Morgan fingerprint density at radius 2 is 1.41 bits per heavy atom. The van der Waals surface area contributed by atoms with E-state index in [1.165, 1.54) is 32.3 Å². The second-order valence-corrected chi connectivity index (χ2v) is 10.1. The van der Waals surface area contributed by atoms with Crippen molar-refractivity contribution in [2.24, 2.45) is 5.41 Å². The molecule has 1 aliphatic rings. The van der Waals surface area contributed by atoms with Crippen LogP contribution in [0.4, 0.5) is 30.7 Å². The van der Waals surface area contributed by atoms with Gasteiger partial charge in [0.25, 0.3) is 5.89 Å². The molecule has 0 saturated carbocycles.